The van der Waals surface area contributed by atoms with Crippen molar-refractivity contribution in [3.8, 4) is 28.4 Å². The molecule has 1 saturated heterocycles. The van der Waals surface area contributed by atoms with Gasteiger partial charge in [-0.3, -0.25) is 9.69 Å². The highest BCUT2D eigenvalue weighted by atomic mass is 16.5. The average Bonchev–Trinajstić information content (AvgIpc) is 2.85. The van der Waals surface area contributed by atoms with Crippen LogP contribution in [0, 0.1) is 5.92 Å². The third kappa shape index (κ3) is 4.72. The zero-order chi connectivity index (χ0) is 24.2. The van der Waals surface area contributed by atoms with Crippen molar-refractivity contribution < 1.29 is 28.5 Å². The summed E-state index contributed by atoms with van der Waals surface area (Å²) in [4.78, 5) is 27.3. The highest BCUT2D eigenvalue weighted by Gasteiger charge is 2.28. The van der Waals surface area contributed by atoms with Gasteiger partial charge in [0.25, 0.3) is 0 Å². The molecule has 34 heavy (non-hydrogen) atoms. The van der Waals surface area contributed by atoms with Crippen molar-refractivity contribution in [1.29, 1.82) is 0 Å². The van der Waals surface area contributed by atoms with Crippen LogP contribution in [-0.4, -0.2) is 49.9 Å². The van der Waals surface area contributed by atoms with E-state index in [-0.39, 0.29) is 17.6 Å². The lowest BCUT2D eigenvalue weighted by molar-refractivity contribution is -0.150. The Kier molecular flexibility index (Phi) is 7.07. The van der Waals surface area contributed by atoms with Gasteiger partial charge in [0, 0.05) is 18.5 Å². The van der Waals surface area contributed by atoms with Crippen molar-refractivity contribution in [2.75, 3.05) is 33.9 Å². The zero-order valence-corrected chi connectivity index (χ0v) is 19.6. The minimum Gasteiger partial charge on any atom is -0.507 e. The average molecular weight is 468 g/mol. The number of carbonyl (C=O) groups excluding carboxylic acids is 1. The number of phenolic OH excluding ortho intramolecular Hbond substituents is 1. The standard InChI is InChI=1S/C26H29NO7/c1-4-33-25(29)18-6-5-11-27(14-18)15-20-21(28)9-7-17-12-19(26(30)34-24(17)20)16-8-10-22(31-2)23(13-16)32-3/h7-10,12-13,18,28H,4-6,11,14-15H2,1-3H3. The number of fused-ring (bicyclic) bond motifs is 1. The lowest BCUT2D eigenvalue weighted by atomic mass is 9.97. The summed E-state index contributed by atoms with van der Waals surface area (Å²) >= 11 is 0. The number of piperidine rings is 1. The molecule has 8 heteroatoms. The second-order valence-corrected chi connectivity index (χ2v) is 8.33. The van der Waals surface area contributed by atoms with E-state index in [1.807, 2.05) is 0 Å². The largest absolute Gasteiger partial charge is 0.507 e. The highest BCUT2D eigenvalue weighted by Crippen LogP contribution is 2.34. The van der Waals surface area contributed by atoms with Crippen LogP contribution in [0.4, 0.5) is 0 Å². The Labute approximate surface area is 197 Å². The number of nitrogens with zero attached hydrogens (tertiary/aromatic N) is 1. The minimum atomic E-state index is -0.519. The van der Waals surface area contributed by atoms with E-state index in [0.29, 0.717) is 58.9 Å². The molecular formula is C26H29NO7. The maximum Gasteiger partial charge on any atom is 0.344 e. The van der Waals surface area contributed by atoms with Crippen LogP contribution in [0.1, 0.15) is 25.3 Å². The molecule has 1 N–H and O–H groups in total. The summed E-state index contributed by atoms with van der Waals surface area (Å²) in [6.45, 7) is 3.82. The van der Waals surface area contributed by atoms with Gasteiger partial charge in [-0.15, -0.1) is 0 Å². The molecule has 1 aromatic heterocycles. The monoisotopic (exact) mass is 467 g/mol. The van der Waals surface area contributed by atoms with Gasteiger partial charge in [-0.25, -0.2) is 4.79 Å². The quantitative estimate of drug-likeness (QED) is 0.412. The van der Waals surface area contributed by atoms with Crippen molar-refractivity contribution in [1.82, 2.24) is 4.90 Å². The molecule has 8 nitrogen and oxygen atoms in total. The summed E-state index contributed by atoms with van der Waals surface area (Å²) < 4.78 is 21.6. The number of esters is 1. The maximum absolute atomic E-state index is 13.0. The summed E-state index contributed by atoms with van der Waals surface area (Å²) in [5.41, 5.74) is 1.36. The lowest BCUT2D eigenvalue weighted by Crippen LogP contribution is -2.39. The molecule has 0 amide bonds. The summed E-state index contributed by atoms with van der Waals surface area (Å²) in [6.07, 6.45) is 1.63. The van der Waals surface area contributed by atoms with E-state index in [4.69, 9.17) is 18.6 Å². The van der Waals surface area contributed by atoms with Gasteiger partial charge in [-0.2, -0.15) is 0 Å². The van der Waals surface area contributed by atoms with E-state index in [0.717, 1.165) is 19.4 Å². The predicted octanol–water partition coefficient (Wildman–Crippen LogP) is 3.96. The third-order valence-corrected chi connectivity index (χ3v) is 6.18. The molecule has 1 fully saturated rings. The van der Waals surface area contributed by atoms with Crippen LogP contribution < -0.4 is 15.1 Å². The second-order valence-electron chi connectivity index (χ2n) is 8.33. The van der Waals surface area contributed by atoms with Crippen molar-refractivity contribution in [2.45, 2.75) is 26.3 Å². The number of carbonyl (C=O) groups is 1. The summed E-state index contributed by atoms with van der Waals surface area (Å²) in [5, 5.41) is 11.3. The van der Waals surface area contributed by atoms with E-state index < -0.39 is 5.63 Å². The number of rotatable bonds is 7. The zero-order valence-electron chi connectivity index (χ0n) is 19.6. The number of benzene rings is 2. The van der Waals surface area contributed by atoms with Gasteiger partial charge < -0.3 is 23.7 Å². The first-order chi connectivity index (χ1) is 16.4. The van der Waals surface area contributed by atoms with Crippen molar-refractivity contribution in [3.05, 3.63) is 52.4 Å². The Hall–Kier alpha value is -3.52. The maximum atomic E-state index is 13.0. The molecule has 0 saturated carbocycles. The van der Waals surface area contributed by atoms with Gasteiger partial charge in [0.15, 0.2) is 11.5 Å². The first-order valence-corrected chi connectivity index (χ1v) is 11.3. The number of hydrogen-bond acceptors (Lipinski definition) is 8. The van der Waals surface area contributed by atoms with Gasteiger partial charge in [0.1, 0.15) is 11.3 Å². The molecule has 1 aliphatic heterocycles. The van der Waals surface area contributed by atoms with Crippen LogP contribution in [0.25, 0.3) is 22.1 Å². The molecular weight excluding hydrogens is 438 g/mol. The van der Waals surface area contributed by atoms with E-state index in [1.165, 1.54) is 7.11 Å². The summed E-state index contributed by atoms with van der Waals surface area (Å²) in [5.74, 6) is 0.723. The van der Waals surface area contributed by atoms with Crippen molar-refractivity contribution in [2.24, 2.45) is 5.92 Å². The molecule has 1 unspecified atom stereocenters. The number of ether oxygens (including phenoxy) is 3. The van der Waals surface area contributed by atoms with Gasteiger partial charge in [0.2, 0.25) is 0 Å². The van der Waals surface area contributed by atoms with Crippen molar-refractivity contribution >= 4 is 16.9 Å². The fourth-order valence-corrected chi connectivity index (χ4v) is 4.46. The predicted molar refractivity (Wildman–Crippen MR) is 127 cm³/mol. The Bertz CT molecular complexity index is 1250. The van der Waals surface area contributed by atoms with E-state index >= 15 is 0 Å². The molecule has 180 valence electrons. The van der Waals surface area contributed by atoms with E-state index in [2.05, 4.69) is 4.90 Å². The smallest absolute Gasteiger partial charge is 0.344 e. The number of hydrogen-bond donors (Lipinski definition) is 1. The first-order valence-electron chi connectivity index (χ1n) is 11.3. The molecule has 0 aliphatic carbocycles. The fourth-order valence-electron chi connectivity index (χ4n) is 4.46. The number of methoxy groups -OCH3 is 2. The van der Waals surface area contributed by atoms with Crippen LogP contribution in [0.2, 0.25) is 0 Å². The number of phenols is 1. The molecule has 0 bridgehead atoms. The van der Waals surface area contributed by atoms with Crippen LogP contribution >= 0.6 is 0 Å². The van der Waals surface area contributed by atoms with Crippen molar-refractivity contribution in [3.63, 3.8) is 0 Å². The summed E-state index contributed by atoms with van der Waals surface area (Å²) in [7, 11) is 3.08. The van der Waals surface area contributed by atoms with Crippen LogP contribution in [0.15, 0.2) is 45.6 Å². The molecule has 1 aliphatic rings. The SMILES string of the molecule is CCOC(=O)C1CCCN(Cc2c(O)ccc3cc(-c4ccc(OC)c(OC)c4)c(=O)oc23)C1. The first kappa shape index (κ1) is 23.6. The third-order valence-electron chi connectivity index (χ3n) is 6.18. The van der Waals surface area contributed by atoms with Crippen LogP contribution in [0.3, 0.4) is 0 Å². The minimum absolute atomic E-state index is 0.0489. The highest BCUT2D eigenvalue weighted by molar-refractivity contribution is 5.86. The molecule has 1 atom stereocenters. The van der Waals surface area contributed by atoms with Gasteiger partial charge in [-0.1, -0.05) is 6.07 Å². The molecule has 2 aromatic carbocycles. The normalized spacial score (nSPS) is 16.4. The molecule has 2 heterocycles. The van der Waals surface area contributed by atoms with Crippen LogP contribution in [0.5, 0.6) is 17.2 Å². The van der Waals surface area contributed by atoms with E-state index in [1.54, 1.807) is 50.4 Å². The Morgan fingerprint density at radius 3 is 2.68 bits per heavy atom. The topological polar surface area (TPSA) is 98.4 Å². The summed E-state index contributed by atoms with van der Waals surface area (Å²) in [6, 6.07) is 10.3. The second kappa shape index (κ2) is 10.2. The number of aromatic hydroxyl groups is 1. The molecule has 3 aromatic rings. The molecule has 0 radical (unpaired) electrons. The number of likely N-dealkylation sites (tertiary alicyclic amines) is 1. The fraction of sp³-hybridized carbons (Fsp3) is 0.385. The van der Waals surface area contributed by atoms with Crippen LogP contribution in [-0.2, 0) is 16.1 Å². The lowest BCUT2D eigenvalue weighted by Gasteiger charge is -2.31. The van der Waals surface area contributed by atoms with Gasteiger partial charge >= 0.3 is 11.6 Å². The van der Waals surface area contributed by atoms with Gasteiger partial charge in [-0.05, 0) is 62.2 Å². The molecule has 4 rings (SSSR count). The molecule has 0 spiro atoms. The Balaban J connectivity index is 1.67. The Morgan fingerprint density at radius 1 is 1.15 bits per heavy atom. The Morgan fingerprint density at radius 2 is 1.94 bits per heavy atom. The van der Waals surface area contributed by atoms with E-state index in [9.17, 15) is 14.7 Å². The van der Waals surface area contributed by atoms with Gasteiger partial charge in [0.05, 0.1) is 37.9 Å².